The van der Waals surface area contributed by atoms with Crippen molar-refractivity contribution in [3.05, 3.63) is 46.5 Å². The van der Waals surface area contributed by atoms with Gasteiger partial charge in [-0.15, -0.1) is 0 Å². The highest BCUT2D eigenvalue weighted by Crippen LogP contribution is 2.41. The molecule has 2 nitrogen and oxygen atoms in total. The third-order valence-corrected chi connectivity index (χ3v) is 4.46. The van der Waals surface area contributed by atoms with E-state index in [4.69, 9.17) is 9.84 Å². The molecule has 0 fully saturated rings. The van der Waals surface area contributed by atoms with Crippen molar-refractivity contribution in [1.82, 2.24) is 0 Å². The third kappa shape index (κ3) is 4.46. The lowest BCUT2D eigenvalue weighted by molar-refractivity contribution is 0.264. The zero-order valence-corrected chi connectivity index (χ0v) is 15.8. The summed E-state index contributed by atoms with van der Waals surface area (Å²) >= 11 is 0. The topological polar surface area (TPSA) is 29.5 Å². The standard InChI is InChI=1S/C20H18F8O2/c1-2-3-4-5-6-7-8-30-20-17(27)13(23)10(14(24)18(20)28)9-11(21)15(25)19(29)16(26)12(9)22/h29H,2-8H2,1H3. The smallest absolute Gasteiger partial charge is 0.204 e. The predicted molar refractivity (Wildman–Crippen MR) is 92.1 cm³/mol. The summed E-state index contributed by atoms with van der Waals surface area (Å²) in [6.07, 6.45) is 4.73. The Morgan fingerprint density at radius 1 is 0.567 bits per heavy atom. The molecule has 0 spiro atoms. The monoisotopic (exact) mass is 442 g/mol. The minimum absolute atomic E-state index is 0.288. The third-order valence-electron chi connectivity index (χ3n) is 4.46. The Morgan fingerprint density at radius 3 is 1.43 bits per heavy atom. The van der Waals surface area contributed by atoms with Crippen LogP contribution in [0.2, 0.25) is 0 Å². The maximum Gasteiger partial charge on any atom is 0.204 e. The van der Waals surface area contributed by atoms with Crippen LogP contribution in [0.15, 0.2) is 0 Å². The van der Waals surface area contributed by atoms with Crippen LogP contribution in [0.1, 0.15) is 45.4 Å². The molecule has 0 aliphatic heterocycles. The first kappa shape index (κ1) is 23.8. The van der Waals surface area contributed by atoms with Crippen molar-refractivity contribution in [3.63, 3.8) is 0 Å². The maximum absolute atomic E-state index is 14.3. The molecule has 0 radical (unpaired) electrons. The van der Waals surface area contributed by atoms with Crippen molar-refractivity contribution >= 4 is 0 Å². The molecule has 2 aromatic rings. The Bertz CT molecular complexity index is 872. The van der Waals surface area contributed by atoms with E-state index < -0.39 is 69.2 Å². The lowest BCUT2D eigenvalue weighted by atomic mass is 10.0. The molecule has 30 heavy (non-hydrogen) atoms. The normalized spacial score (nSPS) is 11.2. The van der Waals surface area contributed by atoms with Crippen molar-refractivity contribution in [1.29, 1.82) is 0 Å². The molecule has 166 valence electrons. The Hall–Kier alpha value is -2.52. The van der Waals surface area contributed by atoms with Gasteiger partial charge in [-0.05, 0) is 6.42 Å². The van der Waals surface area contributed by atoms with Crippen LogP contribution in [0.3, 0.4) is 0 Å². The molecule has 0 atom stereocenters. The van der Waals surface area contributed by atoms with Crippen molar-refractivity contribution in [3.8, 4) is 22.6 Å². The summed E-state index contributed by atoms with van der Waals surface area (Å²) in [5, 5.41) is 8.93. The summed E-state index contributed by atoms with van der Waals surface area (Å²) in [6.45, 7) is 1.73. The van der Waals surface area contributed by atoms with E-state index >= 15 is 0 Å². The van der Waals surface area contributed by atoms with E-state index in [0.717, 1.165) is 25.7 Å². The van der Waals surface area contributed by atoms with Crippen LogP contribution in [-0.2, 0) is 0 Å². The zero-order chi connectivity index (χ0) is 22.6. The maximum atomic E-state index is 14.3. The fourth-order valence-corrected chi connectivity index (χ4v) is 2.85. The molecule has 2 rings (SSSR count). The van der Waals surface area contributed by atoms with Crippen LogP contribution >= 0.6 is 0 Å². The SMILES string of the molecule is CCCCCCCCOc1c(F)c(F)c(-c2c(F)c(F)c(O)c(F)c2F)c(F)c1F. The zero-order valence-electron chi connectivity index (χ0n) is 15.8. The molecule has 0 aliphatic rings. The van der Waals surface area contributed by atoms with Gasteiger partial charge in [0.25, 0.3) is 0 Å². The van der Waals surface area contributed by atoms with E-state index in [1.165, 1.54) is 0 Å². The number of halogens is 8. The first-order valence-electron chi connectivity index (χ1n) is 9.19. The van der Waals surface area contributed by atoms with Crippen molar-refractivity contribution in [2.75, 3.05) is 6.61 Å². The van der Waals surface area contributed by atoms with E-state index in [2.05, 4.69) is 0 Å². The van der Waals surface area contributed by atoms with Gasteiger partial charge in [-0.2, -0.15) is 17.6 Å². The number of hydrogen-bond acceptors (Lipinski definition) is 2. The van der Waals surface area contributed by atoms with Crippen LogP contribution in [0.4, 0.5) is 35.1 Å². The highest BCUT2D eigenvalue weighted by molar-refractivity contribution is 5.69. The molecule has 0 saturated heterocycles. The number of ether oxygens (including phenoxy) is 1. The number of hydrogen-bond donors (Lipinski definition) is 1. The molecule has 0 heterocycles. The number of benzene rings is 2. The Morgan fingerprint density at radius 2 is 0.967 bits per heavy atom. The quantitative estimate of drug-likeness (QED) is 0.260. The average molecular weight is 442 g/mol. The van der Waals surface area contributed by atoms with Crippen LogP contribution in [0.5, 0.6) is 11.5 Å². The molecule has 0 amide bonds. The second-order valence-electron chi connectivity index (χ2n) is 6.56. The van der Waals surface area contributed by atoms with Gasteiger partial charge in [-0.1, -0.05) is 39.0 Å². The van der Waals surface area contributed by atoms with Gasteiger partial charge >= 0.3 is 0 Å². The van der Waals surface area contributed by atoms with E-state index in [-0.39, 0.29) is 6.61 Å². The number of unbranched alkanes of at least 4 members (excludes halogenated alkanes) is 5. The van der Waals surface area contributed by atoms with Gasteiger partial charge in [0.2, 0.25) is 23.3 Å². The first-order chi connectivity index (χ1) is 14.1. The number of phenols is 1. The lowest BCUT2D eigenvalue weighted by Crippen LogP contribution is -2.10. The molecule has 0 aromatic heterocycles. The minimum Gasteiger partial charge on any atom is -0.503 e. The number of aromatic hydroxyl groups is 1. The van der Waals surface area contributed by atoms with E-state index in [1.807, 2.05) is 6.92 Å². The molecule has 10 heteroatoms. The molecular weight excluding hydrogens is 424 g/mol. The fourth-order valence-electron chi connectivity index (χ4n) is 2.85. The largest absolute Gasteiger partial charge is 0.503 e. The summed E-state index contributed by atoms with van der Waals surface area (Å²) in [4.78, 5) is 0. The van der Waals surface area contributed by atoms with Gasteiger partial charge in [0.05, 0.1) is 17.7 Å². The van der Waals surface area contributed by atoms with Crippen LogP contribution in [0, 0.1) is 46.5 Å². The molecule has 0 aliphatic carbocycles. The first-order valence-corrected chi connectivity index (χ1v) is 9.19. The number of phenolic OH excluding ortho intramolecular Hbond substituents is 1. The summed E-state index contributed by atoms with van der Waals surface area (Å²) in [5.74, 6) is -22.0. The van der Waals surface area contributed by atoms with Crippen LogP contribution in [-0.4, -0.2) is 11.7 Å². The summed E-state index contributed by atoms with van der Waals surface area (Å²) in [5.41, 5.74) is -4.05. The van der Waals surface area contributed by atoms with E-state index in [1.54, 1.807) is 0 Å². The molecule has 1 N–H and O–H groups in total. The minimum atomic E-state index is -2.43. The Labute approximate surface area is 167 Å². The molecule has 0 saturated carbocycles. The fraction of sp³-hybridized carbons (Fsp3) is 0.400. The summed E-state index contributed by atoms with van der Waals surface area (Å²) in [6, 6.07) is 0. The van der Waals surface area contributed by atoms with Crippen LogP contribution in [0.25, 0.3) is 11.1 Å². The van der Waals surface area contributed by atoms with Gasteiger partial charge in [0.1, 0.15) is 0 Å². The Kier molecular flexibility index (Phi) is 7.91. The van der Waals surface area contributed by atoms with Crippen molar-refractivity contribution in [2.45, 2.75) is 45.4 Å². The molecule has 0 unspecified atom stereocenters. The van der Waals surface area contributed by atoms with E-state index in [0.29, 0.717) is 12.8 Å². The van der Waals surface area contributed by atoms with Crippen LogP contribution < -0.4 is 4.74 Å². The van der Waals surface area contributed by atoms with Gasteiger partial charge in [-0.3, -0.25) is 0 Å². The van der Waals surface area contributed by atoms with Crippen molar-refractivity contribution in [2.24, 2.45) is 0 Å². The predicted octanol–water partition coefficient (Wildman–Crippen LogP) is 6.91. The molecule has 0 bridgehead atoms. The van der Waals surface area contributed by atoms with Gasteiger partial charge in [0, 0.05) is 0 Å². The summed E-state index contributed by atoms with van der Waals surface area (Å²) in [7, 11) is 0. The number of rotatable bonds is 9. The highest BCUT2D eigenvalue weighted by Gasteiger charge is 2.34. The summed E-state index contributed by atoms with van der Waals surface area (Å²) < 4.78 is 117. The molecular formula is C20H18F8O2. The van der Waals surface area contributed by atoms with Crippen molar-refractivity contribution < 1.29 is 45.0 Å². The second-order valence-corrected chi connectivity index (χ2v) is 6.56. The van der Waals surface area contributed by atoms with Gasteiger partial charge in [-0.25, -0.2) is 17.6 Å². The van der Waals surface area contributed by atoms with E-state index in [9.17, 15) is 35.1 Å². The van der Waals surface area contributed by atoms with Gasteiger partial charge < -0.3 is 9.84 Å². The average Bonchev–Trinajstić information content (AvgIpc) is 2.73. The molecule has 2 aromatic carbocycles. The Balaban J connectivity index is 2.39. The lowest BCUT2D eigenvalue weighted by Gasteiger charge is -2.15. The highest BCUT2D eigenvalue weighted by atomic mass is 19.2. The van der Waals surface area contributed by atoms with Gasteiger partial charge in [0.15, 0.2) is 34.8 Å². The second kappa shape index (κ2) is 9.99.